The van der Waals surface area contributed by atoms with E-state index in [0.717, 1.165) is 12.8 Å². The van der Waals surface area contributed by atoms with Gasteiger partial charge in [0.15, 0.2) is 0 Å². The van der Waals surface area contributed by atoms with E-state index in [1.807, 2.05) is 0 Å². The van der Waals surface area contributed by atoms with Crippen molar-refractivity contribution in [1.82, 2.24) is 10.2 Å². The van der Waals surface area contributed by atoms with Gasteiger partial charge in [-0.2, -0.15) is 0 Å². The van der Waals surface area contributed by atoms with Crippen LogP contribution in [0.15, 0.2) is 23.0 Å². The molecule has 0 saturated carbocycles. The summed E-state index contributed by atoms with van der Waals surface area (Å²) in [5, 5.41) is 2.83. The van der Waals surface area contributed by atoms with Crippen LogP contribution >= 0.6 is 0 Å². The third-order valence-electron chi connectivity index (χ3n) is 3.85. The molecule has 102 valence electrons. The molecule has 2 saturated heterocycles. The van der Waals surface area contributed by atoms with Crippen LogP contribution in [0.25, 0.3) is 0 Å². The van der Waals surface area contributed by atoms with Gasteiger partial charge in [0, 0.05) is 19.6 Å². The fourth-order valence-electron chi connectivity index (χ4n) is 2.59. The highest BCUT2D eigenvalue weighted by Gasteiger charge is 2.40. The molecule has 2 aliphatic heterocycles. The molecule has 6 nitrogen and oxygen atoms in total. The summed E-state index contributed by atoms with van der Waals surface area (Å²) in [7, 11) is 0. The largest absolute Gasteiger partial charge is 0.472 e. The molecule has 0 radical (unpaired) electrons. The van der Waals surface area contributed by atoms with Crippen molar-refractivity contribution < 1.29 is 18.7 Å². The second-order valence-corrected chi connectivity index (χ2v) is 5.05. The van der Waals surface area contributed by atoms with Crippen molar-refractivity contribution in [2.45, 2.75) is 18.4 Å². The number of carbonyl (C=O) groups is 2. The number of piperidine rings is 1. The lowest BCUT2D eigenvalue weighted by molar-refractivity contribution is -0.149. The number of ether oxygens (including phenoxy) is 1. The first-order valence-corrected chi connectivity index (χ1v) is 6.41. The van der Waals surface area contributed by atoms with Gasteiger partial charge in [0.1, 0.15) is 12.9 Å². The van der Waals surface area contributed by atoms with Crippen molar-refractivity contribution >= 4 is 11.8 Å². The first-order valence-electron chi connectivity index (χ1n) is 6.41. The zero-order valence-electron chi connectivity index (χ0n) is 10.6. The zero-order valence-corrected chi connectivity index (χ0v) is 10.6. The van der Waals surface area contributed by atoms with Gasteiger partial charge in [-0.15, -0.1) is 0 Å². The van der Waals surface area contributed by atoms with Crippen molar-refractivity contribution in [1.29, 1.82) is 0 Å². The van der Waals surface area contributed by atoms with Crippen LogP contribution < -0.4 is 5.32 Å². The predicted molar refractivity (Wildman–Crippen MR) is 65.5 cm³/mol. The van der Waals surface area contributed by atoms with Crippen molar-refractivity contribution in [3.8, 4) is 0 Å². The number of nitrogens with one attached hydrogen (secondary N) is 1. The Hall–Kier alpha value is -1.82. The third kappa shape index (κ3) is 2.35. The lowest BCUT2D eigenvalue weighted by Gasteiger charge is -2.43. The maximum Gasteiger partial charge on any atom is 0.257 e. The fraction of sp³-hybridized carbons (Fsp3) is 0.538. The molecule has 0 aliphatic carbocycles. The summed E-state index contributed by atoms with van der Waals surface area (Å²) < 4.78 is 10.6. The molecular formula is C13H16N2O4. The number of hydrogen-bond acceptors (Lipinski definition) is 4. The Labute approximate surface area is 110 Å². The minimum Gasteiger partial charge on any atom is -0.472 e. The van der Waals surface area contributed by atoms with Gasteiger partial charge in [-0.1, -0.05) is 0 Å². The molecule has 2 fully saturated rings. The van der Waals surface area contributed by atoms with Gasteiger partial charge in [0.25, 0.3) is 5.91 Å². The average molecular weight is 264 g/mol. The number of nitrogens with zero attached hydrogens (tertiary/aromatic N) is 1. The monoisotopic (exact) mass is 264 g/mol. The van der Waals surface area contributed by atoms with Crippen LogP contribution in [0, 0.1) is 0 Å². The molecule has 2 aliphatic rings. The van der Waals surface area contributed by atoms with Gasteiger partial charge in [-0.25, -0.2) is 0 Å². The van der Waals surface area contributed by atoms with Crippen molar-refractivity contribution in [2.75, 3.05) is 26.2 Å². The smallest absolute Gasteiger partial charge is 0.257 e. The number of morpholine rings is 1. The standard InChI is InChI=1S/C13H16N2O4/c16-11-8-19-13(9-14-11)2-4-15(5-3-13)12(17)10-1-6-18-7-10/h1,6-7H,2-5,8-9H2,(H,14,16). The number of rotatable bonds is 1. The average Bonchev–Trinajstić information content (AvgIpc) is 2.97. The van der Waals surface area contributed by atoms with Gasteiger partial charge in [-0.3, -0.25) is 9.59 Å². The molecule has 19 heavy (non-hydrogen) atoms. The molecule has 0 aromatic carbocycles. The molecule has 2 amide bonds. The van der Waals surface area contributed by atoms with E-state index >= 15 is 0 Å². The maximum absolute atomic E-state index is 12.1. The Morgan fingerprint density at radius 3 is 2.74 bits per heavy atom. The highest BCUT2D eigenvalue weighted by Crippen LogP contribution is 2.28. The molecule has 0 atom stereocenters. The Morgan fingerprint density at radius 2 is 2.16 bits per heavy atom. The van der Waals surface area contributed by atoms with Gasteiger partial charge < -0.3 is 19.4 Å². The van der Waals surface area contributed by atoms with Crippen LogP contribution in [0.5, 0.6) is 0 Å². The number of amides is 2. The van der Waals surface area contributed by atoms with Crippen LogP contribution in [0.1, 0.15) is 23.2 Å². The molecule has 1 spiro atoms. The highest BCUT2D eigenvalue weighted by atomic mass is 16.5. The van der Waals surface area contributed by atoms with Gasteiger partial charge in [0.05, 0.1) is 17.4 Å². The SMILES string of the molecule is O=C1COC2(CCN(C(=O)c3ccoc3)CC2)CN1. The molecule has 6 heteroatoms. The number of likely N-dealkylation sites (tertiary alicyclic amines) is 1. The minimum atomic E-state index is -0.291. The van der Waals surface area contributed by atoms with E-state index in [1.165, 1.54) is 12.5 Å². The minimum absolute atomic E-state index is 0.0107. The van der Waals surface area contributed by atoms with Crippen molar-refractivity contribution in [3.63, 3.8) is 0 Å². The Balaban J connectivity index is 1.60. The molecule has 3 heterocycles. The van der Waals surface area contributed by atoms with Crippen LogP contribution in [0.2, 0.25) is 0 Å². The quantitative estimate of drug-likeness (QED) is 0.797. The topological polar surface area (TPSA) is 71.8 Å². The molecule has 1 N–H and O–H groups in total. The molecule has 1 aromatic heterocycles. The van der Waals surface area contributed by atoms with E-state index in [9.17, 15) is 9.59 Å². The van der Waals surface area contributed by atoms with Crippen LogP contribution in [-0.4, -0.2) is 48.6 Å². The van der Waals surface area contributed by atoms with Crippen molar-refractivity contribution in [3.05, 3.63) is 24.2 Å². The van der Waals surface area contributed by atoms with Gasteiger partial charge in [0.2, 0.25) is 5.91 Å². The second kappa shape index (κ2) is 4.70. The summed E-state index contributed by atoms with van der Waals surface area (Å²) in [6, 6.07) is 1.67. The lowest BCUT2D eigenvalue weighted by atomic mass is 9.90. The molecule has 0 bridgehead atoms. The lowest BCUT2D eigenvalue weighted by Crippen LogP contribution is -2.57. The molecule has 3 rings (SSSR count). The predicted octanol–water partition coefficient (Wildman–Crippen LogP) is 0.401. The number of carbonyl (C=O) groups excluding carboxylic acids is 2. The van der Waals surface area contributed by atoms with E-state index in [4.69, 9.17) is 9.15 Å². The normalized spacial score (nSPS) is 22.3. The van der Waals surface area contributed by atoms with Gasteiger partial charge >= 0.3 is 0 Å². The maximum atomic E-state index is 12.1. The summed E-state index contributed by atoms with van der Waals surface area (Å²) in [5.74, 6) is -0.0778. The summed E-state index contributed by atoms with van der Waals surface area (Å²) in [6.07, 6.45) is 4.45. The Morgan fingerprint density at radius 1 is 1.37 bits per heavy atom. The Bertz CT molecular complexity index is 463. The van der Waals surface area contributed by atoms with Crippen LogP contribution in [-0.2, 0) is 9.53 Å². The van der Waals surface area contributed by atoms with Crippen LogP contribution in [0.3, 0.4) is 0 Å². The fourth-order valence-corrected chi connectivity index (χ4v) is 2.59. The van der Waals surface area contributed by atoms with E-state index < -0.39 is 0 Å². The van der Waals surface area contributed by atoms with Crippen molar-refractivity contribution in [2.24, 2.45) is 0 Å². The molecule has 1 aromatic rings. The van der Waals surface area contributed by atoms with E-state index in [2.05, 4.69) is 5.32 Å². The van der Waals surface area contributed by atoms with E-state index in [1.54, 1.807) is 11.0 Å². The summed E-state index contributed by atoms with van der Waals surface area (Å²) >= 11 is 0. The summed E-state index contributed by atoms with van der Waals surface area (Å²) in [5.41, 5.74) is 0.287. The van der Waals surface area contributed by atoms with Crippen LogP contribution in [0.4, 0.5) is 0 Å². The molecule has 0 unspecified atom stereocenters. The van der Waals surface area contributed by atoms with E-state index in [0.29, 0.717) is 25.2 Å². The van der Waals surface area contributed by atoms with E-state index in [-0.39, 0.29) is 24.0 Å². The zero-order chi connectivity index (χ0) is 13.3. The second-order valence-electron chi connectivity index (χ2n) is 5.05. The third-order valence-corrected chi connectivity index (χ3v) is 3.85. The van der Waals surface area contributed by atoms with Gasteiger partial charge in [-0.05, 0) is 18.9 Å². The highest BCUT2D eigenvalue weighted by molar-refractivity contribution is 5.93. The first kappa shape index (κ1) is 12.2. The number of furan rings is 1. The first-order chi connectivity index (χ1) is 9.19. The number of hydrogen-bond donors (Lipinski definition) is 1. The molecular weight excluding hydrogens is 248 g/mol. The summed E-state index contributed by atoms with van der Waals surface area (Å²) in [6.45, 7) is 1.94. The Kier molecular flexibility index (Phi) is 3.02. The summed E-state index contributed by atoms with van der Waals surface area (Å²) in [4.78, 5) is 25.0.